The van der Waals surface area contributed by atoms with E-state index in [2.05, 4.69) is 4.98 Å². The van der Waals surface area contributed by atoms with Gasteiger partial charge in [0.25, 0.3) is 0 Å². The number of benzene rings is 1. The van der Waals surface area contributed by atoms with Gasteiger partial charge in [-0.2, -0.15) is 0 Å². The Morgan fingerprint density at radius 2 is 1.80 bits per heavy atom. The molecule has 0 saturated heterocycles. The second-order valence-corrected chi connectivity index (χ2v) is 4.12. The molecular formula is C14H16N2O4. The topological polar surface area (TPSA) is 62.6 Å². The van der Waals surface area contributed by atoms with Crippen LogP contribution in [0.15, 0.2) is 30.7 Å². The molecule has 1 aromatic carbocycles. The van der Waals surface area contributed by atoms with E-state index in [0.29, 0.717) is 23.7 Å². The van der Waals surface area contributed by atoms with Crippen molar-refractivity contribution in [3.8, 4) is 11.5 Å². The summed E-state index contributed by atoms with van der Waals surface area (Å²) >= 11 is 0. The molecule has 0 radical (unpaired) electrons. The van der Waals surface area contributed by atoms with Crippen molar-refractivity contribution in [2.45, 2.75) is 6.54 Å². The lowest BCUT2D eigenvalue weighted by atomic mass is 10.2. The summed E-state index contributed by atoms with van der Waals surface area (Å²) in [5.74, 6) is 0.968. The van der Waals surface area contributed by atoms with Gasteiger partial charge in [0.15, 0.2) is 0 Å². The van der Waals surface area contributed by atoms with Gasteiger partial charge in [0.2, 0.25) is 0 Å². The van der Waals surface area contributed by atoms with E-state index in [1.807, 2.05) is 12.1 Å². The highest BCUT2D eigenvalue weighted by molar-refractivity contribution is 5.87. The molecule has 20 heavy (non-hydrogen) atoms. The molecule has 0 amide bonds. The minimum absolute atomic E-state index is 0.397. The number of hydrogen-bond acceptors (Lipinski definition) is 5. The Morgan fingerprint density at radius 3 is 2.35 bits per heavy atom. The van der Waals surface area contributed by atoms with Crippen LogP contribution in [0.25, 0.3) is 0 Å². The average molecular weight is 276 g/mol. The van der Waals surface area contributed by atoms with Crippen molar-refractivity contribution in [3.63, 3.8) is 0 Å². The number of nitrogens with zero attached hydrogens (tertiary/aromatic N) is 2. The predicted octanol–water partition coefficient (Wildman–Crippen LogP) is 1.74. The first-order chi connectivity index (χ1) is 9.67. The van der Waals surface area contributed by atoms with Crippen molar-refractivity contribution in [1.29, 1.82) is 0 Å². The number of carbonyl (C=O) groups excluding carboxylic acids is 1. The highest BCUT2D eigenvalue weighted by Crippen LogP contribution is 2.23. The first-order valence-corrected chi connectivity index (χ1v) is 5.98. The first kappa shape index (κ1) is 13.9. The Morgan fingerprint density at radius 1 is 1.15 bits per heavy atom. The minimum Gasteiger partial charge on any atom is -0.497 e. The Hall–Kier alpha value is -2.50. The standard InChI is InChI=1S/C14H16N2O4/c1-18-11-4-10(5-12(6-11)19-2)8-16-9-15-7-13(16)14(17)20-3/h4-7,9H,8H2,1-3H3. The number of methoxy groups -OCH3 is 3. The minimum atomic E-state index is -0.419. The van der Waals surface area contributed by atoms with E-state index in [9.17, 15) is 4.79 Å². The summed E-state index contributed by atoms with van der Waals surface area (Å²) in [6.45, 7) is 0.470. The van der Waals surface area contributed by atoms with Gasteiger partial charge in [-0.15, -0.1) is 0 Å². The maximum absolute atomic E-state index is 11.6. The van der Waals surface area contributed by atoms with E-state index >= 15 is 0 Å². The SMILES string of the molecule is COC(=O)c1cncn1Cc1cc(OC)cc(OC)c1. The third kappa shape index (κ3) is 2.90. The molecule has 0 unspecified atom stereocenters. The summed E-state index contributed by atoms with van der Waals surface area (Å²) in [5.41, 5.74) is 1.33. The smallest absolute Gasteiger partial charge is 0.356 e. The lowest BCUT2D eigenvalue weighted by molar-refractivity contribution is 0.0589. The molecule has 0 atom stereocenters. The number of carbonyl (C=O) groups is 1. The zero-order valence-electron chi connectivity index (χ0n) is 11.6. The molecule has 6 heteroatoms. The number of esters is 1. The quantitative estimate of drug-likeness (QED) is 0.778. The molecule has 0 spiro atoms. The Balaban J connectivity index is 2.30. The zero-order chi connectivity index (χ0) is 14.5. The van der Waals surface area contributed by atoms with Crippen LogP contribution in [0.2, 0.25) is 0 Å². The van der Waals surface area contributed by atoms with E-state index in [4.69, 9.17) is 14.2 Å². The number of imidazole rings is 1. The van der Waals surface area contributed by atoms with Crippen molar-refractivity contribution in [1.82, 2.24) is 9.55 Å². The number of ether oxygens (including phenoxy) is 3. The van der Waals surface area contributed by atoms with Gasteiger partial charge in [0.1, 0.15) is 17.2 Å². The summed E-state index contributed by atoms with van der Waals surface area (Å²) in [5, 5.41) is 0. The van der Waals surface area contributed by atoms with Crippen molar-refractivity contribution >= 4 is 5.97 Å². The van der Waals surface area contributed by atoms with Gasteiger partial charge in [-0.25, -0.2) is 9.78 Å². The van der Waals surface area contributed by atoms with Gasteiger partial charge < -0.3 is 18.8 Å². The van der Waals surface area contributed by atoms with Crippen molar-refractivity contribution in [2.24, 2.45) is 0 Å². The largest absolute Gasteiger partial charge is 0.497 e. The molecular weight excluding hydrogens is 260 g/mol. The van der Waals surface area contributed by atoms with Gasteiger partial charge in [-0.05, 0) is 17.7 Å². The lowest BCUT2D eigenvalue weighted by Crippen LogP contribution is -2.10. The first-order valence-electron chi connectivity index (χ1n) is 5.98. The van der Waals surface area contributed by atoms with Gasteiger partial charge in [0, 0.05) is 12.6 Å². The lowest BCUT2D eigenvalue weighted by Gasteiger charge is -2.10. The summed E-state index contributed by atoms with van der Waals surface area (Å²) < 4.78 is 16.9. The van der Waals surface area contributed by atoms with Crippen LogP contribution in [0.5, 0.6) is 11.5 Å². The zero-order valence-corrected chi connectivity index (χ0v) is 11.6. The molecule has 2 aromatic rings. The molecule has 2 rings (SSSR count). The summed E-state index contributed by atoms with van der Waals surface area (Å²) in [6.07, 6.45) is 3.06. The third-order valence-corrected chi connectivity index (χ3v) is 2.87. The van der Waals surface area contributed by atoms with Gasteiger partial charge >= 0.3 is 5.97 Å². The van der Waals surface area contributed by atoms with Crippen molar-refractivity contribution in [3.05, 3.63) is 42.0 Å². The molecule has 0 saturated carbocycles. The van der Waals surface area contributed by atoms with Crippen molar-refractivity contribution in [2.75, 3.05) is 21.3 Å². The van der Waals surface area contributed by atoms with E-state index in [1.165, 1.54) is 13.3 Å². The normalized spacial score (nSPS) is 10.2. The Bertz CT molecular complexity index is 585. The second-order valence-electron chi connectivity index (χ2n) is 4.12. The van der Waals surface area contributed by atoms with Gasteiger partial charge in [-0.3, -0.25) is 0 Å². The number of hydrogen-bond donors (Lipinski definition) is 0. The van der Waals surface area contributed by atoms with Crippen LogP contribution >= 0.6 is 0 Å². The van der Waals surface area contributed by atoms with Crippen LogP contribution in [0.4, 0.5) is 0 Å². The Labute approximate surface area is 116 Å². The summed E-state index contributed by atoms with van der Waals surface area (Å²) in [7, 11) is 4.53. The van der Waals surface area contributed by atoms with Gasteiger partial charge in [-0.1, -0.05) is 0 Å². The van der Waals surface area contributed by atoms with E-state index in [0.717, 1.165) is 5.56 Å². The molecule has 6 nitrogen and oxygen atoms in total. The molecule has 0 bridgehead atoms. The number of rotatable bonds is 5. The maximum Gasteiger partial charge on any atom is 0.356 e. The molecule has 0 fully saturated rings. The summed E-state index contributed by atoms with van der Waals surface area (Å²) in [6, 6.07) is 5.55. The molecule has 1 aromatic heterocycles. The number of aromatic nitrogens is 2. The predicted molar refractivity (Wildman–Crippen MR) is 72.2 cm³/mol. The Kier molecular flexibility index (Phi) is 4.24. The van der Waals surface area contributed by atoms with E-state index in [-0.39, 0.29) is 0 Å². The fraction of sp³-hybridized carbons (Fsp3) is 0.286. The molecule has 1 heterocycles. The molecule has 0 aliphatic rings. The van der Waals surface area contributed by atoms with Crippen LogP contribution in [-0.4, -0.2) is 36.8 Å². The van der Waals surface area contributed by atoms with E-state index < -0.39 is 5.97 Å². The monoisotopic (exact) mass is 276 g/mol. The van der Waals surface area contributed by atoms with Crippen LogP contribution in [0.3, 0.4) is 0 Å². The maximum atomic E-state index is 11.6. The third-order valence-electron chi connectivity index (χ3n) is 2.87. The summed E-state index contributed by atoms with van der Waals surface area (Å²) in [4.78, 5) is 15.6. The average Bonchev–Trinajstić information content (AvgIpc) is 2.94. The molecule has 0 aliphatic carbocycles. The fourth-order valence-electron chi connectivity index (χ4n) is 1.88. The van der Waals surface area contributed by atoms with E-state index in [1.54, 1.807) is 31.2 Å². The molecule has 0 N–H and O–H groups in total. The molecule has 0 aliphatic heterocycles. The highest BCUT2D eigenvalue weighted by Gasteiger charge is 2.12. The highest BCUT2D eigenvalue weighted by atomic mass is 16.5. The van der Waals surface area contributed by atoms with Gasteiger partial charge in [0.05, 0.1) is 33.9 Å². The van der Waals surface area contributed by atoms with Crippen LogP contribution in [-0.2, 0) is 11.3 Å². The van der Waals surface area contributed by atoms with Crippen LogP contribution in [0.1, 0.15) is 16.1 Å². The molecule has 106 valence electrons. The second kappa shape index (κ2) is 6.10. The van der Waals surface area contributed by atoms with Crippen LogP contribution in [0, 0.1) is 0 Å². The van der Waals surface area contributed by atoms with Crippen LogP contribution < -0.4 is 9.47 Å². The van der Waals surface area contributed by atoms with Crippen molar-refractivity contribution < 1.29 is 19.0 Å². The fourth-order valence-corrected chi connectivity index (χ4v) is 1.88.